The van der Waals surface area contributed by atoms with Crippen LogP contribution in [0.15, 0.2) is 24.3 Å². The highest BCUT2D eigenvalue weighted by Crippen LogP contribution is 2.56. The lowest BCUT2D eigenvalue weighted by Crippen LogP contribution is -2.32. The van der Waals surface area contributed by atoms with E-state index < -0.39 is 5.97 Å². The third-order valence-electron chi connectivity index (χ3n) is 5.29. The van der Waals surface area contributed by atoms with Crippen molar-refractivity contribution < 1.29 is 19.5 Å². The number of amides is 2. The van der Waals surface area contributed by atoms with Crippen LogP contribution in [0.2, 0.25) is 0 Å². The first-order valence-corrected chi connectivity index (χ1v) is 7.27. The van der Waals surface area contributed by atoms with Crippen molar-refractivity contribution in [2.24, 2.45) is 23.7 Å². The monoisotopic (exact) mass is 284 g/mol. The molecule has 3 aliphatic rings. The summed E-state index contributed by atoms with van der Waals surface area (Å²) in [5, 5.41) is 10.8. The zero-order valence-electron chi connectivity index (χ0n) is 11.3. The molecule has 21 heavy (non-hydrogen) atoms. The summed E-state index contributed by atoms with van der Waals surface area (Å²) in [5.74, 6) is -1.10. The molecule has 4 rings (SSSR count). The molecule has 108 valence electrons. The maximum absolute atomic E-state index is 12.6. The van der Waals surface area contributed by atoms with Gasteiger partial charge in [-0.3, -0.25) is 14.5 Å². The number of hydrogen-bond acceptors (Lipinski definition) is 4. The number of rotatable bonds is 2. The average molecular weight is 284 g/mol. The molecule has 1 aliphatic heterocycles. The van der Waals surface area contributed by atoms with Crippen LogP contribution in [-0.2, 0) is 9.59 Å². The molecule has 1 saturated heterocycles. The van der Waals surface area contributed by atoms with Crippen molar-refractivity contribution in [3.05, 3.63) is 29.8 Å². The Balaban J connectivity index is 1.68. The van der Waals surface area contributed by atoms with Gasteiger partial charge in [0.15, 0.2) is 0 Å². The van der Waals surface area contributed by atoms with Gasteiger partial charge < -0.3 is 9.90 Å². The fourth-order valence-corrected chi connectivity index (χ4v) is 4.41. The summed E-state index contributed by atoms with van der Waals surface area (Å²) in [5.41, 5.74) is 0.502. The number of nitrogens with zero attached hydrogens (tertiary/aromatic N) is 1. The third kappa shape index (κ3) is 1.60. The first-order chi connectivity index (χ1) is 10.1. The highest BCUT2D eigenvalue weighted by molar-refractivity contribution is 6.22. The molecule has 3 fully saturated rings. The number of hydrogen-bond donors (Lipinski definition) is 0. The average Bonchev–Trinajstić information content (AvgIpc) is 3.13. The molecule has 4 atom stereocenters. The van der Waals surface area contributed by atoms with Crippen molar-refractivity contribution >= 4 is 23.5 Å². The summed E-state index contributed by atoms with van der Waals surface area (Å²) in [4.78, 5) is 37.2. The molecule has 0 N–H and O–H groups in total. The van der Waals surface area contributed by atoms with Gasteiger partial charge >= 0.3 is 0 Å². The zero-order chi connectivity index (χ0) is 14.7. The Morgan fingerprint density at radius 1 is 1.00 bits per heavy atom. The van der Waals surface area contributed by atoms with Gasteiger partial charge in [-0.25, -0.2) is 0 Å². The van der Waals surface area contributed by atoms with Gasteiger partial charge in [-0.05, 0) is 48.8 Å². The molecule has 2 aliphatic carbocycles. The van der Waals surface area contributed by atoms with Crippen molar-refractivity contribution in [1.82, 2.24) is 0 Å². The Morgan fingerprint density at radius 2 is 1.52 bits per heavy atom. The maximum Gasteiger partial charge on any atom is 0.237 e. The molecule has 0 unspecified atom stereocenters. The SMILES string of the molecule is O=C([O-])c1ccc(N2C(=O)[C@@H]3[C@@H]4CC[C@@H](C4)[C@@H]3C2=O)cc1. The minimum atomic E-state index is -1.27. The summed E-state index contributed by atoms with van der Waals surface area (Å²) in [7, 11) is 0. The fraction of sp³-hybridized carbons (Fsp3) is 0.438. The second-order valence-corrected chi connectivity index (χ2v) is 6.23. The fourth-order valence-electron chi connectivity index (χ4n) is 4.41. The van der Waals surface area contributed by atoms with Crippen LogP contribution in [0.4, 0.5) is 5.69 Å². The van der Waals surface area contributed by atoms with Crippen molar-refractivity contribution in [3.63, 3.8) is 0 Å². The van der Waals surface area contributed by atoms with Gasteiger partial charge in [-0.2, -0.15) is 0 Å². The molecule has 5 heteroatoms. The Bertz CT molecular complexity index is 623. The summed E-state index contributed by atoms with van der Waals surface area (Å²) >= 11 is 0. The summed E-state index contributed by atoms with van der Waals surface area (Å²) in [6, 6.07) is 5.75. The second kappa shape index (κ2) is 4.16. The van der Waals surface area contributed by atoms with Crippen LogP contribution < -0.4 is 10.0 Å². The molecule has 0 spiro atoms. The molecule has 1 aromatic carbocycles. The minimum absolute atomic E-state index is 0.0399. The van der Waals surface area contributed by atoms with E-state index in [1.54, 1.807) is 0 Å². The van der Waals surface area contributed by atoms with Crippen molar-refractivity contribution in [1.29, 1.82) is 0 Å². The van der Waals surface area contributed by atoms with Gasteiger partial charge in [0, 0.05) is 0 Å². The normalized spacial score (nSPS) is 33.6. The molecule has 2 saturated carbocycles. The van der Waals surface area contributed by atoms with Crippen molar-refractivity contribution in [3.8, 4) is 0 Å². The van der Waals surface area contributed by atoms with E-state index in [0.29, 0.717) is 17.5 Å². The smallest absolute Gasteiger partial charge is 0.237 e. The highest BCUT2D eigenvalue weighted by Gasteiger charge is 2.61. The van der Waals surface area contributed by atoms with Crippen LogP contribution in [0, 0.1) is 23.7 Å². The number of imide groups is 1. The summed E-state index contributed by atoms with van der Waals surface area (Å²) in [6.07, 6.45) is 3.09. The zero-order valence-corrected chi connectivity index (χ0v) is 11.3. The molecule has 1 aromatic rings. The number of aromatic carboxylic acids is 1. The second-order valence-electron chi connectivity index (χ2n) is 6.23. The molecule has 5 nitrogen and oxygen atoms in total. The van der Waals surface area contributed by atoms with E-state index in [1.165, 1.54) is 29.2 Å². The maximum atomic E-state index is 12.6. The summed E-state index contributed by atoms with van der Waals surface area (Å²) in [6.45, 7) is 0. The third-order valence-corrected chi connectivity index (χ3v) is 5.29. The van der Waals surface area contributed by atoms with Crippen LogP contribution in [-0.4, -0.2) is 17.8 Å². The van der Waals surface area contributed by atoms with E-state index in [-0.39, 0.29) is 29.2 Å². The summed E-state index contributed by atoms with van der Waals surface area (Å²) < 4.78 is 0. The van der Waals surface area contributed by atoms with E-state index >= 15 is 0 Å². The molecular formula is C16H14NO4-. The number of fused-ring (bicyclic) bond motifs is 5. The highest BCUT2D eigenvalue weighted by atomic mass is 16.4. The molecule has 2 bridgehead atoms. The Morgan fingerprint density at radius 3 is 2.00 bits per heavy atom. The Kier molecular flexibility index (Phi) is 2.49. The van der Waals surface area contributed by atoms with E-state index in [4.69, 9.17) is 0 Å². The number of carboxylic acids is 1. The van der Waals surface area contributed by atoms with Gasteiger partial charge in [0.25, 0.3) is 0 Å². The standard InChI is InChI=1S/C16H15NO4/c18-14-12-9-1-2-10(7-9)13(12)15(19)17(14)11-5-3-8(4-6-11)16(20)21/h3-6,9-10,12-13H,1-2,7H2,(H,20,21)/p-1/t9-,10+,12-,13+. The van der Waals surface area contributed by atoms with E-state index in [9.17, 15) is 19.5 Å². The lowest BCUT2D eigenvalue weighted by atomic mass is 9.81. The van der Waals surface area contributed by atoms with E-state index in [0.717, 1.165) is 19.3 Å². The number of carboxylic acid groups (broad SMARTS) is 1. The van der Waals surface area contributed by atoms with Gasteiger partial charge in [-0.15, -0.1) is 0 Å². The van der Waals surface area contributed by atoms with Crippen molar-refractivity contribution in [2.75, 3.05) is 4.90 Å². The van der Waals surface area contributed by atoms with Crippen LogP contribution in [0.25, 0.3) is 0 Å². The molecule has 2 amide bonds. The molecular weight excluding hydrogens is 270 g/mol. The number of carbonyl (C=O) groups is 3. The minimum Gasteiger partial charge on any atom is -0.545 e. The quantitative estimate of drug-likeness (QED) is 0.744. The Labute approximate surface area is 121 Å². The van der Waals surface area contributed by atoms with E-state index in [1.807, 2.05) is 0 Å². The van der Waals surface area contributed by atoms with Crippen molar-refractivity contribution in [2.45, 2.75) is 19.3 Å². The molecule has 1 heterocycles. The first kappa shape index (κ1) is 12.6. The largest absolute Gasteiger partial charge is 0.545 e. The van der Waals surface area contributed by atoms with Gasteiger partial charge in [0.2, 0.25) is 11.8 Å². The molecule has 0 radical (unpaired) electrons. The lowest BCUT2D eigenvalue weighted by molar-refractivity contribution is -0.255. The van der Waals surface area contributed by atoms with Gasteiger partial charge in [-0.1, -0.05) is 12.1 Å². The van der Waals surface area contributed by atoms with Gasteiger partial charge in [0.1, 0.15) is 0 Å². The molecule has 0 aromatic heterocycles. The predicted octanol–water partition coefficient (Wildman–Crippen LogP) is 0.586. The Hall–Kier alpha value is -2.17. The number of anilines is 1. The topological polar surface area (TPSA) is 77.5 Å². The number of carbonyl (C=O) groups excluding carboxylic acids is 3. The van der Waals surface area contributed by atoms with Crippen LogP contribution >= 0.6 is 0 Å². The van der Waals surface area contributed by atoms with Crippen LogP contribution in [0.3, 0.4) is 0 Å². The van der Waals surface area contributed by atoms with Crippen LogP contribution in [0.1, 0.15) is 29.6 Å². The van der Waals surface area contributed by atoms with Crippen LogP contribution in [0.5, 0.6) is 0 Å². The predicted molar refractivity (Wildman–Crippen MR) is 71.1 cm³/mol. The van der Waals surface area contributed by atoms with E-state index in [2.05, 4.69) is 0 Å². The van der Waals surface area contributed by atoms with Gasteiger partial charge in [0.05, 0.1) is 23.5 Å². The lowest BCUT2D eigenvalue weighted by Gasteiger charge is -2.19. The first-order valence-electron chi connectivity index (χ1n) is 7.27. The number of benzene rings is 1.